The first kappa shape index (κ1) is 64.8. The lowest BCUT2D eigenvalue weighted by Gasteiger charge is -2.41. The number of aliphatic hydroxyl groups excluding tert-OH is 5. The molecule has 1 saturated heterocycles. The highest BCUT2D eigenvalue weighted by Gasteiger charge is 2.47. The van der Waals surface area contributed by atoms with Crippen molar-refractivity contribution in [1.82, 2.24) is 5.32 Å². The van der Waals surface area contributed by atoms with Crippen LogP contribution in [0.4, 0.5) is 0 Å². The van der Waals surface area contributed by atoms with Crippen molar-refractivity contribution >= 4 is 11.9 Å². The maximum Gasteiger partial charge on any atom is 0.306 e. The van der Waals surface area contributed by atoms with Gasteiger partial charge in [0.15, 0.2) is 12.4 Å². The summed E-state index contributed by atoms with van der Waals surface area (Å²) in [5.74, 6) is -1.34. The lowest BCUT2D eigenvalue weighted by molar-refractivity contribution is -0.305. The highest BCUT2D eigenvalue weighted by atomic mass is 16.7. The van der Waals surface area contributed by atoms with Crippen LogP contribution in [0.1, 0.15) is 168 Å². The van der Waals surface area contributed by atoms with E-state index in [1.165, 1.54) is 38.5 Å². The highest BCUT2D eigenvalue weighted by molar-refractivity contribution is 5.81. The van der Waals surface area contributed by atoms with Crippen LogP contribution in [0.15, 0.2) is 134 Å². The van der Waals surface area contributed by atoms with Crippen molar-refractivity contribution in [2.75, 3.05) is 13.2 Å². The first-order valence-electron chi connectivity index (χ1n) is 27.0. The van der Waals surface area contributed by atoms with Crippen LogP contribution in [-0.4, -0.2) is 99.6 Å². The van der Waals surface area contributed by atoms with Gasteiger partial charge in [-0.15, -0.1) is 0 Å². The number of nitrogens with one attached hydrogen (secondary N) is 1. The van der Waals surface area contributed by atoms with Crippen molar-refractivity contribution in [3.05, 3.63) is 134 Å². The Morgan fingerprint density at radius 3 is 1.63 bits per heavy atom. The van der Waals surface area contributed by atoms with E-state index in [0.717, 1.165) is 83.5 Å². The first-order chi connectivity index (χ1) is 34.7. The molecule has 11 nitrogen and oxygen atoms in total. The molecule has 1 aliphatic rings. The molecule has 0 aromatic heterocycles. The second-order valence-electron chi connectivity index (χ2n) is 17.9. The largest absolute Gasteiger partial charge is 0.454 e. The second-order valence-corrected chi connectivity index (χ2v) is 17.9. The van der Waals surface area contributed by atoms with E-state index in [9.17, 15) is 35.1 Å². The molecule has 1 fully saturated rings. The van der Waals surface area contributed by atoms with Crippen molar-refractivity contribution in [3.8, 4) is 0 Å². The van der Waals surface area contributed by atoms with Gasteiger partial charge in [0.05, 0.1) is 25.4 Å². The van der Waals surface area contributed by atoms with E-state index in [0.29, 0.717) is 12.8 Å². The fraction of sp³-hybridized carbons (Fsp3) is 0.600. The van der Waals surface area contributed by atoms with Crippen LogP contribution in [0.25, 0.3) is 0 Å². The SMILES string of the molecule is CC/C=C\C/C=C\C/C=C\C/C=C\C/C=C\C/C=C\CC(O)C(=O)NC(COC1OC(CO)C(O)C(O)C1OC(=O)CCCCC\C=C/C=C\C=C\C=C\CC)C(O)/C=C/CCCCCCCCCCC. The zero-order valence-corrected chi connectivity index (χ0v) is 43.8. The summed E-state index contributed by atoms with van der Waals surface area (Å²) in [5.41, 5.74) is 0. The average Bonchev–Trinajstić information content (AvgIpc) is 3.37. The number of rotatable bonds is 42. The van der Waals surface area contributed by atoms with Crippen molar-refractivity contribution in [2.24, 2.45) is 0 Å². The Labute approximate surface area is 429 Å². The van der Waals surface area contributed by atoms with E-state index < -0.39 is 67.4 Å². The molecular formula is C60H95NO10. The average molecular weight is 990 g/mol. The number of esters is 1. The molecule has 1 amide bonds. The van der Waals surface area contributed by atoms with Gasteiger partial charge in [0, 0.05) is 12.8 Å². The van der Waals surface area contributed by atoms with Gasteiger partial charge in [-0.05, 0) is 77.0 Å². The van der Waals surface area contributed by atoms with Crippen molar-refractivity contribution < 1.29 is 49.3 Å². The van der Waals surface area contributed by atoms with E-state index in [-0.39, 0.29) is 19.4 Å². The summed E-state index contributed by atoms with van der Waals surface area (Å²) in [6.45, 7) is 5.40. The summed E-state index contributed by atoms with van der Waals surface area (Å²) in [4.78, 5) is 26.3. The molecular weight excluding hydrogens is 895 g/mol. The first-order valence-corrected chi connectivity index (χ1v) is 27.0. The lowest BCUT2D eigenvalue weighted by Crippen LogP contribution is -2.61. The molecule has 0 bridgehead atoms. The Bertz CT molecular complexity index is 1650. The van der Waals surface area contributed by atoms with Crippen LogP contribution < -0.4 is 5.32 Å². The Kier molecular flexibility index (Phi) is 42.8. The van der Waals surface area contributed by atoms with E-state index in [1.807, 2.05) is 54.7 Å². The second kappa shape index (κ2) is 46.8. The fourth-order valence-corrected chi connectivity index (χ4v) is 7.38. The predicted molar refractivity (Wildman–Crippen MR) is 291 cm³/mol. The molecule has 0 spiro atoms. The molecule has 0 saturated carbocycles. The summed E-state index contributed by atoms with van der Waals surface area (Å²) in [7, 11) is 0. The molecule has 1 rings (SSSR count). The van der Waals surface area contributed by atoms with Gasteiger partial charge in [0.2, 0.25) is 5.91 Å². The minimum absolute atomic E-state index is 0.0456. The summed E-state index contributed by atoms with van der Waals surface area (Å²) in [6, 6.07) is -1.08. The van der Waals surface area contributed by atoms with E-state index in [1.54, 1.807) is 12.2 Å². The van der Waals surface area contributed by atoms with Gasteiger partial charge >= 0.3 is 5.97 Å². The summed E-state index contributed by atoms with van der Waals surface area (Å²) >= 11 is 0. The fourth-order valence-electron chi connectivity index (χ4n) is 7.38. The Morgan fingerprint density at radius 2 is 1.07 bits per heavy atom. The minimum Gasteiger partial charge on any atom is -0.454 e. The van der Waals surface area contributed by atoms with Crippen LogP contribution in [0.2, 0.25) is 0 Å². The van der Waals surface area contributed by atoms with E-state index >= 15 is 0 Å². The molecule has 1 heterocycles. The van der Waals surface area contributed by atoms with E-state index in [2.05, 4.69) is 92.9 Å². The third kappa shape index (κ3) is 35.5. The van der Waals surface area contributed by atoms with Crippen LogP contribution >= 0.6 is 0 Å². The number of allylic oxidation sites excluding steroid dienone is 20. The number of hydrogen-bond donors (Lipinski definition) is 6. The predicted octanol–water partition coefficient (Wildman–Crippen LogP) is 11.7. The third-order valence-corrected chi connectivity index (χ3v) is 11.7. The smallest absolute Gasteiger partial charge is 0.306 e. The summed E-state index contributed by atoms with van der Waals surface area (Å²) < 4.78 is 17.4. The Morgan fingerprint density at radius 1 is 0.577 bits per heavy atom. The molecule has 8 unspecified atom stereocenters. The van der Waals surface area contributed by atoms with Crippen LogP contribution in [0.3, 0.4) is 0 Å². The number of carbonyl (C=O) groups is 2. The molecule has 8 atom stereocenters. The zero-order chi connectivity index (χ0) is 51.8. The van der Waals surface area contributed by atoms with Crippen LogP contribution in [0, 0.1) is 0 Å². The molecule has 71 heavy (non-hydrogen) atoms. The van der Waals surface area contributed by atoms with Gasteiger partial charge in [0.25, 0.3) is 0 Å². The molecule has 6 N–H and O–H groups in total. The number of unbranched alkanes of at least 4 members (excludes halogenated alkanes) is 12. The molecule has 0 radical (unpaired) electrons. The number of amides is 1. The maximum atomic E-state index is 13.3. The number of carbonyl (C=O) groups excluding carboxylic acids is 2. The molecule has 400 valence electrons. The third-order valence-electron chi connectivity index (χ3n) is 11.7. The Balaban J connectivity index is 2.84. The quantitative estimate of drug-likeness (QED) is 0.0149. The van der Waals surface area contributed by atoms with Crippen molar-refractivity contribution in [1.29, 1.82) is 0 Å². The van der Waals surface area contributed by atoms with Crippen molar-refractivity contribution in [2.45, 2.75) is 217 Å². The molecule has 0 aliphatic carbocycles. The Hall–Kier alpha value is -4.20. The topological polar surface area (TPSA) is 175 Å². The zero-order valence-electron chi connectivity index (χ0n) is 43.8. The summed E-state index contributed by atoms with van der Waals surface area (Å²) in [6.07, 6.45) is 55.2. The molecule has 11 heteroatoms. The van der Waals surface area contributed by atoms with Gasteiger partial charge in [0.1, 0.15) is 24.4 Å². The normalized spacial score (nSPS) is 20.7. The standard InChI is InChI=1S/C60H95NO10/c1-4-7-10-13-16-19-22-24-25-26-27-28-30-32-35-38-41-44-47-53(64)59(68)61-51(52(63)46-43-40-37-34-31-21-18-15-12-9-6-3)50-69-60-58(57(67)56(66)54(49-62)70-60)71-55(65)48-45-42-39-36-33-29-23-20-17-14-11-8-5-2/h7-8,10-11,14,16-17,19-20,23-25,27-29,32-33,35,41,43-44,46,51-54,56-58,60,62-64,66-67H,4-6,9,12-13,15,18,21-22,26,30-31,34,36-40,42,45,47-50H2,1-3H3,(H,61,68)/b10-7-,11-8+,17-14+,19-16-,23-20-,25-24-,28-27-,33-29-,35-32-,44-41-,46-43+. The summed E-state index contributed by atoms with van der Waals surface area (Å²) in [5, 5.41) is 56.5. The molecule has 0 aromatic rings. The van der Waals surface area contributed by atoms with Gasteiger partial charge in [-0.25, -0.2) is 0 Å². The van der Waals surface area contributed by atoms with Gasteiger partial charge in [-0.1, -0.05) is 212 Å². The number of hydrogen-bond acceptors (Lipinski definition) is 10. The number of ether oxygens (including phenoxy) is 3. The highest BCUT2D eigenvalue weighted by Crippen LogP contribution is 2.26. The van der Waals surface area contributed by atoms with Gasteiger partial charge < -0.3 is 45.1 Å². The lowest BCUT2D eigenvalue weighted by atomic mass is 9.99. The van der Waals surface area contributed by atoms with Crippen LogP contribution in [-0.2, 0) is 23.8 Å². The van der Waals surface area contributed by atoms with Crippen LogP contribution in [0.5, 0.6) is 0 Å². The number of aliphatic hydroxyl groups is 5. The van der Waals surface area contributed by atoms with Gasteiger partial charge in [-0.3, -0.25) is 9.59 Å². The van der Waals surface area contributed by atoms with Gasteiger partial charge in [-0.2, -0.15) is 0 Å². The van der Waals surface area contributed by atoms with E-state index in [4.69, 9.17) is 14.2 Å². The monoisotopic (exact) mass is 990 g/mol. The minimum atomic E-state index is -1.65. The molecule has 1 aliphatic heterocycles. The maximum absolute atomic E-state index is 13.3. The molecule has 0 aromatic carbocycles. The van der Waals surface area contributed by atoms with Crippen molar-refractivity contribution in [3.63, 3.8) is 0 Å².